The normalized spacial score (nSPS) is 25.7. The van der Waals surface area contributed by atoms with Crippen molar-refractivity contribution in [3.05, 3.63) is 12.2 Å². The van der Waals surface area contributed by atoms with Crippen molar-refractivity contribution in [1.82, 2.24) is 0 Å². The maximum absolute atomic E-state index is 12.4. The zero-order valence-corrected chi connectivity index (χ0v) is 20.9. The van der Waals surface area contributed by atoms with Gasteiger partial charge in [-0.05, 0) is 74.0 Å². The van der Waals surface area contributed by atoms with E-state index in [1.165, 1.54) is 32.1 Å². The number of rotatable bonds is 9. The van der Waals surface area contributed by atoms with Crippen LogP contribution in [0.25, 0.3) is 0 Å². The Bertz CT molecular complexity index is 563. The van der Waals surface area contributed by atoms with E-state index in [0.29, 0.717) is 17.3 Å². The summed E-state index contributed by atoms with van der Waals surface area (Å²) >= 11 is 0. The Morgan fingerprint density at radius 3 is 2.20 bits per heavy atom. The lowest BCUT2D eigenvalue weighted by Crippen LogP contribution is -2.38. The van der Waals surface area contributed by atoms with E-state index in [1.807, 2.05) is 0 Å². The molecule has 0 amide bonds. The molecule has 0 N–H and O–H groups in total. The van der Waals surface area contributed by atoms with Crippen LogP contribution in [0.5, 0.6) is 0 Å². The summed E-state index contributed by atoms with van der Waals surface area (Å²) in [4.78, 5) is 12.4. The molecule has 0 aliphatic heterocycles. The highest BCUT2D eigenvalue weighted by atomic mass is 16.6. The molecule has 0 radical (unpaired) electrons. The average Bonchev–Trinajstić information content (AvgIpc) is 2.71. The van der Waals surface area contributed by atoms with Gasteiger partial charge in [-0.2, -0.15) is 0 Å². The molecular formula is C27H48O3. The van der Waals surface area contributed by atoms with E-state index < -0.39 is 0 Å². The summed E-state index contributed by atoms with van der Waals surface area (Å²) in [5, 5.41) is 0. The van der Waals surface area contributed by atoms with Crippen LogP contribution in [-0.4, -0.2) is 24.3 Å². The molecule has 2 aliphatic rings. The molecule has 0 saturated heterocycles. The predicted octanol–water partition coefficient (Wildman–Crippen LogP) is 7.48. The van der Waals surface area contributed by atoms with Crippen LogP contribution in [-0.2, 0) is 14.3 Å². The van der Waals surface area contributed by atoms with Crippen LogP contribution in [0.15, 0.2) is 12.2 Å². The number of hydrogen-bond acceptors (Lipinski definition) is 3. The van der Waals surface area contributed by atoms with Gasteiger partial charge in [0.1, 0.15) is 12.2 Å². The van der Waals surface area contributed by atoms with Crippen molar-refractivity contribution in [1.29, 1.82) is 0 Å². The SMILES string of the molecule is CCC(C)(C)CC(C1C=CC(OCC(=O)OC2(CC)CCCCC2)CC1)C(C)(C)C. The van der Waals surface area contributed by atoms with Gasteiger partial charge < -0.3 is 9.47 Å². The molecule has 0 bridgehead atoms. The third-order valence-corrected chi connectivity index (χ3v) is 7.87. The summed E-state index contributed by atoms with van der Waals surface area (Å²) in [5.74, 6) is 1.06. The summed E-state index contributed by atoms with van der Waals surface area (Å²) < 4.78 is 11.9. The van der Waals surface area contributed by atoms with Gasteiger partial charge in [0.05, 0.1) is 6.10 Å². The Morgan fingerprint density at radius 2 is 1.70 bits per heavy atom. The molecule has 2 aliphatic carbocycles. The summed E-state index contributed by atoms with van der Waals surface area (Å²) in [6.45, 7) is 16.4. The standard InChI is InChI=1S/C27H48O3/c1-8-26(6,7)19-23(25(3,4)5)21-13-15-22(16-14-21)29-20-24(28)30-27(9-2)17-11-10-12-18-27/h13,15,21-23H,8-12,14,16-20H2,1-7H3. The highest BCUT2D eigenvalue weighted by molar-refractivity contribution is 5.71. The van der Waals surface area contributed by atoms with E-state index in [2.05, 4.69) is 60.6 Å². The van der Waals surface area contributed by atoms with Gasteiger partial charge in [-0.25, -0.2) is 4.79 Å². The molecule has 0 heterocycles. The molecule has 0 aromatic rings. The van der Waals surface area contributed by atoms with Gasteiger partial charge in [-0.15, -0.1) is 0 Å². The summed E-state index contributed by atoms with van der Waals surface area (Å²) in [6.07, 6.45) is 15.7. The lowest BCUT2D eigenvalue weighted by Gasteiger charge is -2.42. The molecule has 2 rings (SSSR count). The van der Waals surface area contributed by atoms with Crippen LogP contribution in [0.4, 0.5) is 0 Å². The van der Waals surface area contributed by atoms with Crippen LogP contribution in [0.2, 0.25) is 0 Å². The van der Waals surface area contributed by atoms with Crippen LogP contribution in [0.3, 0.4) is 0 Å². The monoisotopic (exact) mass is 420 g/mol. The van der Waals surface area contributed by atoms with Gasteiger partial charge in [0.15, 0.2) is 0 Å². The lowest BCUT2D eigenvalue weighted by molar-refractivity contribution is -0.170. The van der Waals surface area contributed by atoms with E-state index in [0.717, 1.165) is 32.1 Å². The van der Waals surface area contributed by atoms with E-state index >= 15 is 0 Å². The molecule has 0 aromatic heterocycles. The Kier molecular flexibility index (Phi) is 9.04. The van der Waals surface area contributed by atoms with Crippen LogP contribution >= 0.6 is 0 Å². The molecule has 30 heavy (non-hydrogen) atoms. The van der Waals surface area contributed by atoms with Gasteiger partial charge in [0.2, 0.25) is 0 Å². The molecule has 1 saturated carbocycles. The molecule has 3 unspecified atom stereocenters. The minimum Gasteiger partial charge on any atom is -0.457 e. The summed E-state index contributed by atoms with van der Waals surface area (Å²) in [5.41, 5.74) is 0.420. The van der Waals surface area contributed by atoms with E-state index in [-0.39, 0.29) is 29.7 Å². The second-order valence-corrected chi connectivity index (χ2v) is 11.7. The molecule has 0 spiro atoms. The lowest BCUT2D eigenvalue weighted by atomic mass is 9.64. The van der Waals surface area contributed by atoms with Crippen molar-refractivity contribution in [3.63, 3.8) is 0 Å². The quantitative estimate of drug-likeness (QED) is 0.286. The molecule has 3 atom stereocenters. The van der Waals surface area contributed by atoms with Gasteiger partial charge in [0, 0.05) is 0 Å². The Balaban J connectivity index is 1.88. The molecular weight excluding hydrogens is 372 g/mol. The van der Waals surface area contributed by atoms with Crippen LogP contribution in [0, 0.1) is 22.7 Å². The number of hydrogen-bond donors (Lipinski definition) is 0. The first kappa shape index (κ1) is 25.4. The minimum atomic E-state index is -0.238. The third-order valence-electron chi connectivity index (χ3n) is 7.87. The number of ether oxygens (including phenoxy) is 2. The fourth-order valence-corrected chi connectivity index (χ4v) is 5.30. The largest absolute Gasteiger partial charge is 0.457 e. The summed E-state index contributed by atoms with van der Waals surface area (Å²) in [6, 6.07) is 0. The van der Waals surface area contributed by atoms with Crippen molar-refractivity contribution in [2.45, 2.75) is 124 Å². The van der Waals surface area contributed by atoms with E-state index in [9.17, 15) is 4.79 Å². The second-order valence-electron chi connectivity index (χ2n) is 11.7. The number of esters is 1. The summed E-state index contributed by atoms with van der Waals surface area (Å²) in [7, 11) is 0. The highest BCUT2D eigenvalue weighted by Gasteiger charge is 2.37. The van der Waals surface area contributed by atoms with E-state index in [1.54, 1.807) is 0 Å². The smallest absolute Gasteiger partial charge is 0.332 e. The van der Waals surface area contributed by atoms with Crippen molar-refractivity contribution in [3.8, 4) is 0 Å². The van der Waals surface area contributed by atoms with Gasteiger partial charge in [0.25, 0.3) is 0 Å². The van der Waals surface area contributed by atoms with Gasteiger partial charge >= 0.3 is 5.97 Å². The molecule has 1 fully saturated rings. The number of carbonyl (C=O) groups excluding carboxylic acids is 1. The van der Waals surface area contributed by atoms with Crippen LogP contribution in [0.1, 0.15) is 113 Å². The van der Waals surface area contributed by atoms with Gasteiger partial charge in [-0.3, -0.25) is 0 Å². The van der Waals surface area contributed by atoms with Crippen LogP contribution < -0.4 is 0 Å². The second kappa shape index (κ2) is 10.7. The topological polar surface area (TPSA) is 35.5 Å². The van der Waals surface area contributed by atoms with Crippen molar-refractivity contribution in [2.75, 3.05) is 6.61 Å². The number of carbonyl (C=O) groups is 1. The zero-order chi connectivity index (χ0) is 22.4. The minimum absolute atomic E-state index is 0.0394. The Hall–Kier alpha value is -0.830. The molecule has 3 heteroatoms. The highest BCUT2D eigenvalue weighted by Crippen LogP contribution is 2.45. The maximum Gasteiger partial charge on any atom is 0.332 e. The fraction of sp³-hybridized carbons (Fsp3) is 0.889. The molecule has 3 nitrogen and oxygen atoms in total. The Labute approximate surface area is 186 Å². The number of allylic oxidation sites excluding steroid dienone is 1. The average molecular weight is 421 g/mol. The third kappa shape index (κ3) is 7.39. The van der Waals surface area contributed by atoms with Crippen molar-refractivity contribution >= 4 is 5.97 Å². The first-order chi connectivity index (χ1) is 14.0. The maximum atomic E-state index is 12.4. The molecule has 174 valence electrons. The Morgan fingerprint density at radius 1 is 1.03 bits per heavy atom. The first-order valence-corrected chi connectivity index (χ1v) is 12.5. The van der Waals surface area contributed by atoms with Crippen molar-refractivity contribution < 1.29 is 14.3 Å². The zero-order valence-electron chi connectivity index (χ0n) is 20.9. The predicted molar refractivity (Wildman–Crippen MR) is 125 cm³/mol. The van der Waals surface area contributed by atoms with E-state index in [4.69, 9.17) is 9.47 Å². The van der Waals surface area contributed by atoms with Gasteiger partial charge in [-0.1, -0.05) is 73.5 Å². The first-order valence-electron chi connectivity index (χ1n) is 12.5. The fourth-order valence-electron chi connectivity index (χ4n) is 5.30. The molecule has 0 aromatic carbocycles. The van der Waals surface area contributed by atoms with Crippen molar-refractivity contribution in [2.24, 2.45) is 22.7 Å².